The van der Waals surface area contributed by atoms with Crippen LogP contribution < -0.4 is 10.3 Å². The first-order valence-electron chi connectivity index (χ1n) is 6.58. The molecule has 23 heavy (non-hydrogen) atoms. The summed E-state index contributed by atoms with van der Waals surface area (Å²) in [6.07, 6.45) is 1.63. The topological polar surface area (TPSA) is 86.7 Å². The molecule has 0 unspecified atom stereocenters. The third-order valence-corrected chi connectivity index (χ3v) is 3.42. The Morgan fingerprint density at radius 2 is 2.09 bits per heavy atom. The van der Waals surface area contributed by atoms with E-state index in [1.807, 2.05) is 0 Å². The predicted octanol–water partition coefficient (Wildman–Crippen LogP) is 2.84. The lowest BCUT2D eigenvalue weighted by Crippen LogP contribution is -2.16. The number of halogens is 1. The first-order chi connectivity index (χ1) is 11.0. The van der Waals surface area contributed by atoms with Crippen LogP contribution >= 0.6 is 11.6 Å². The van der Waals surface area contributed by atoms with Crippen LogP contribution in [0.15, 0.2) is 53.5 Å². The molecule has 7 nitrogen and oxygen atoms in total. The maximum Gasteiger partial charge on any atom is 0.271 e. The molecule has 0 radical (unpaired) electrons. The van der Waals surface area contributed by atoms with Crippen LogP contribution in [0.4, 0.5) is 5.69 Å². The largest absolute Gasteiger partial charge is 0.486 e. The number of ether oxygens (including phenoxy) is 1. The molecule has 0 aliphatic carbocycles. The molecule has 0 fully saturated rings. The quantitative estimate of drug-likeness (QED) is 0.542. The fraction of sp³-hybridized carbons (Fsp3) is 0.0667. The van der Waals surface area contributed by atoms with Gasteiger partial charge in [-0.05, 0) is 18.2 Å². The highest BCUT2D eigenvalue weighted by molar-refractivity contribution is 6.32. The molecule has 0 bridgehead atoms. The van der Waals surface area contributed by atoms with Crippen molar-refractivity contribution in [3.63, 3.8) is 0 Å². The van der Waals surface area contributed by atoms with Gasteiger partial charge in [0.25, 0.3) is 11.2 Å². The van der Waals surface area contributed by atoms with E-state index in [2.05, 4.69) is 4.98 Å². The van der Waals surface area contributed by atoms with E-state index in [1.54, 1.807) is 24.4 Å². The van der Waals surface area contributed by atoms with E-state index in [9.17, 15) is 14.9 Å². The molecule has 3 rings (SSSR count). The molecule has 0 aliphatic heterocycles. The van der Waals surface area contributed by atoms with E-state index in [-0.39, 0.29) is 28.6 Å². The number of benzene rings is 1. The average molecular weight is 332 g/mol. The van der Waals surface area contributed by atoms with Crippen LogP contribution in [0, 0.1) is 10.1 Å². The minimum Gasteiger partial charge on any atom is -0.486 e. The van der Waals surface area contributed by atoms with Crippen molar-refractivity contribution < 1.29 is 9.66 Å². The van der Waals surface area contributed by atoms with Crippen LogP contribution in [-0.2, 0) is 6.61 Å². The number of fused-ring (bicyclic) bond motifs is 1. The normalized spacial score (nSPS) is 10.7. The molecule has 0 atom stereocenters. The van der Waals surface area contributed by atoms with Gasteiger partial charge >= 0.3 is 0 Å². The van der Waals surface area contributed by atoms with Gasteiger partial charge in [0.2, 0.25) is 0 Å². The van der Waals surface area contributed by atoms with Gasteiger partial charge in [-0.25, -0.2) is 4.98 Å². The smallest absolute Gasteiger partial charge is 0.271 e. The monoisotopic (exact) mass is 331 g/mol. The van der Waals surface area contributed by atoms with E-state index in [0.29, 0.717) is 11.3 Å². The molecule has 0 amide bonds. The van der Waals surface area contributed by atoms with Gasteiger partial charge < -0.3 is 4.74 Å². The van der Waals surface area contributed by atoms with Crippen molar-refractivity contribution in [3.8, 4) is 5.75 Å². The second-order valence-corrected chi connectivity index (χ2v) is 5.08. The van der Waals surface area contributed by atoms with Crippen LogP contribution in [0.3, 0.4) is 0 Å². The molecule has 0 saturated heterocycles. The standard InChI is InChI=1S/C15H10ClN3O4/c16-12-8-11(19(21)22)4-5-13(12)23-9-10-7-15(20)18-6-2-1-3-14(18)17-10/h1-8H,9H2. The van der Waals surface area contributed by atoms with Gasteiger partial charge in [0.1, 0.15) is 18.0 Å². The highest BCUT2D eigenvalue weighted by Crippen LogP contribution is 2.29. The van der Waals surface area contributed by atoms with Crippen LogP contribution in [0.25, 0.3) is 5.65 Å². The zero-order valence-electron chi connectivity index (χ0n) is 11.7. The number of pyridine rings is 1. The Bertz CT molecular complexity index is 955. The number of nitro groups is 1. The highest BCUT2D eigenvalue weighted by atomic mass is 35.5. The molecule has 1 aromatic carbocycles. The number of hydrogen-bond acceptors (Lipinski definition) is 5. The van der Waals surface area contributed by atoms with Gasteiger partial charge in [-0.15, -0.1) is 0 Å². The maximum absolute atomic E-state index is 12.0. The summed E-state index contributed by atoms with van der Waals surface area (Å²) in [6, 6.07) is 10.5. The summed E-state index contributed by atoms with van der Waals surface area (Å²) in [5.41, 5.74) is 0.609. The fourth-order valence-corrected chi connectivity index (χ4v) is 2.28. The molecular weight excluding hydrogens is 322 g/mol. The third-order valence-electron chi connectivity index (χ3n) is 3.13. The van der Waals surface area contributed by atoms with Crippen molar-refractivity contribution >= 4 is 22.9 Å². The van der Waals surface area contributed by atoms with Crippen LogP contribution in [0.1, 0.15) is 5.69 Å². The number of nitro benzene ring substituents is 1. The Morgan fingerprint density at radius 1 is 1.26 bits per heavy atom. The molecule has 0 N–H and O–H groups in total. The number of hydrogen-bond donors (Lipinski definition) is 0. The van der Waals surface area contributed by atoms with Crippen LogP contribution in [0.2, 0.25) is 5.02 Å². The Kier molecular flexibility index (Phi) is 3.94. The van der Waals surface area contributed by atoms with Gasteiger partial charge in [0, 0.05) is 24.4 Å². The van der Waals surface area contributed by atoms with Crippen molar-refractivity contribution in [3.05, 3.63) is 79.8 Å². The second-order valence-electron chi connectivity index (χ2n) is 4.68. The highest BCUT2D eigenvalue weighted by Gasteiger charge is 2.11. The van der Waals surface area contributed by atoms with E-state index < -0.39 is 4.92 Å². The Balaban J connectivity index is 1.83. The molecule has 0 spiro atoms. The van der Waals surface area contributed by atoms with Crippen molar-refractivity contribution in [2.45, 2.75) is 6.61 Å². The van der Waals surface area contributed by atoms with Crippen molar-refractivity contribution in [2.75, 3.05) is 0 Å². The summed E-state index contributed by atoms with van der Waals surface area (Å²) in [6.45, 7) is 0.0260. The maximum atomic E-state index is 12.0. The molecule has 3 aromatic rings. The first-order valence-corrected chi connectivity index (χ1v) is 6.96. The average Bonchev–Trinajstić information content (AvgIpc) is 2.53. The first kappa shape index (κ1) is 15.0. The third kappa shape index (κ3) is 3.14. The van der Waals surface area contributed by atoms with Crippen molar-refractivity contribution in [1.29, 1.82) is 0 Å². The van der Waals surface area contributed by atoms with Gasteiger partial charge in [0.05, 0.1) is 15.6 Å². The van der Waals surface area contributed by atoms with Gasteiger partial charge in [-0.1, -0.05) is 17.7 Å². The van der Waals surface area contributed by atoms with Crippen LogP contribution in [0.5, 0.6) is 5.75 Å². The summed E-state index contributed by atoms with van der Waals surface area (Å²) in [5, 5.41) is 10.8. The SMILES string of the molecule is O=c1cc(COc2ccc([N+](=O)[O-])cc2Cl)nc2ccccn12. The molecule has 116 valence electrons. The lowest BCUT2D eigenvalue weighted by Gasteiger charge is -2.08. The molecule has 2 aromatic heterocycles. The van der Waals surface area contributed by atoms with E-state index >= 15 is 0 Å². The van der Waals surface area contributed by atoms with Gasteiger partial charge in [-0.2, -0.15) is 0 Å². The van der Waals surface area contributed by atoms with Crippen molar-refractivity contribution in [1.82, 2.24) is 9.38 Å². The molecule has 8 heteroatoms. The minimum absolute atomic E-state index is 0.0260. The van der Waals surface area contributed by atoms with E-state index in [0.717, 1.165) is 0 Å². The summed E-state index contributed by atoms with van der Waals surface area (Å²) < 4.78 is 6.92. The molecule has 0 aliphatic rings. The molecule has 0 saturated carbocycles. The zero-order valence-corrected chi connectivity index (χ0v) is 12.4. The lowest BCUT2D eigenvalue weighted by atomic mass is 10.3. The predicted molar refractivity (Wildman–Crippen MR) is 83.9 cm³/mol. The number of non-ortho nitro benzene ring substituents is 1. The molecular formula is C15H10ClN3O4. The summed E-state index contributed by atoms with van der Waals surface area (Å²) in [5.74, 6) is 0.285. The number of aromatic nitrogens is 2. The van der Waals surface area contributed by atoms with Gasteiger partial charge in [-0.3, -0.25) is 19.3 Å². The van der Waals surface area contributed by atoms with Crippen molar-refractivity contribution in [2.24, 2.45) is 0 Å². The summed E-state index contributed by atoms with van der Waals surface area (Å²) in [7, 11) is 0. The molecule has 2 heterocycles. The zero-order chi connectivity index (χ0) is 16.4. The Hall–Kier alpha value is -2.93. The van der Waals surface area contributed by atoms with E-state index in [1.165, 1.54) is 28.7 Å². The number of nitrogens with zero attached hydrogens (tertiary/aromatic N) is 3. The Labute approximate surface area is 134 Å². The lowest BCUT2D eigenvalue weighted by molar-refractivity contribution is -0.384. The second kappa shape index (κ2) is 6.05. The van der Waals surface area contributed by atoms with E-state index in [4.69, 9.17) is 16.3 Å². The minimum atomic E-state index is -0.540. The Morgan fingerprint density at radius 3 is 2.83 bits per heavy atom. The van der Waals surface area contributed by atoms with Crippen LogP contribution in [-0.4, -0.2) is 14.3 Å². The number of rotatable bonds is 4. The summed E-state index contributed by atoms with van der Waals surface area (Å²) in [4.78, 5) is 26.4. The summed E-state index contributed by atoms with van der Waals surface area (Å²) >= 11 is 5.95. The fourth-order valence-electron chi connectivity index (χ4n) is 2.05. The van der Waals surface area contributed by atoms with Gasteiger partial charge in [0.15, 0.2) is 0 Å².